The molecule has 1 heterocycles. The maximum Gasteiger partial charge on any atom is 0.119 e. The van der Waals surface area contributed by atoms with Gasteiger partial charge in [0.15, 0.2) is 0 Å². The van der Waals surface area contributed by atoms with Gasteiger partial charge in [-0.2, -0.15) is 5.26 Å². The van der Waals surface area contributed by atoms with E-state index in [1.54, 1.807) is 7.11 Å². The van der Waals surface area contributed by atoms with Crippen LogP contribution in [0.15, 0.2) is 48.5 Å². The standard InChI is InChI=1S/C21H25N3O2/c1-25-20-6-8-21(9-7-20)26-15-14-23-10-12-24(13-11-23)17-19-4-2-18(16-22)3-5-19/h2-9H,10-15,17H2,1H3. The highest BCUT2D eigenvalue weighted by molar-refractivity contribution is 5.32. The molecule has 0 unspecified atom stereocenters. The summed E-state index contributed by atoms with van der Waals surface area (Å²) in [5, 5.41) is 8.86. The van der Waals surface area contributed by atoms with Crippen LogP contribution in [0.1, 0.15) is 11.1 Å². The predicted molar refractivity (Wildman–Crippen MR) is 101 cm³/mol. The fourth-order valence-corrected chi connectivity index (χ4v) is 3.08. The minimum atomic E-state index is 0.696. The molecule has 5 nitrogen and oxygen atoms in total. The van der Waals surface area contributed by atoms with Gasteiger partial charge < -0.3 is 9.47 Å². The Morgan fingerprint density at radius 2 is 1.50 bits per heavy atom. The van der Waals surface area contributed by atoms with Gasteiger partial charge in [0.1, 0.15) is 18.1 Å². The Morgan fingerprint density at radius 3 is 2.12 bits per heavy atom. The van der Waals surface area contributed by atoms with Gasteiger partial charge >= 0.3 is 0 Å². The molecule has 0 radical (unpaired) electrons. The lowest BCUT2D eigenvalue weighted by Gasteiger charge is -2.34. The van der Waals surface area contributed by atoms with Crippen molar-refractivity contribution in [1.29, 1.82) is 5.26 Å². The lowest BCUT2D eigenvalue weighted by molar-refractivity contribution is 0.112. The van der Waals surface area contributed by atoms with E-state index < -0.39 is 0 Å². The maximum absolute atomic E-state index is 8.86. The zero-order chi connectivity index (χ0) is 18.2. The van der Waals surface area contributed by atoms with Crippen LogP contribution in [0.4, 0.5) is 0 Å². The van der Waals surface area contributed by atoms with Gasteiger partial charge in [0, 0.05) is 39.3 Å². The molecule has 136 valence electrons. The fraction of sp³-hybridized carbons (Fsp3) is 0.381. The van der Waals surface area contributed by atoms with Crippen molar-refractivity contribution in [1.82, 2.24) is 9.80 Å². The Morgan fingerprint density at radius 1 is 0.885 bits per heavy atom. The van der Waals surface area contributed by atoms with Crippen molar-refractivity contribution in [3.05, 3.63) is 59.7 Å². The first-order valence-electron chi connectivity index (χ1n) is 8.97. The summed E-state index contributed by atoms with van der Waals surface area (Å²) in [5.41, 5.74) is 1.98. The van der Waals surface area contributed by atoms with Crippen LogP contribution in [0.5, 0.6) is 11.5 Å². The van der Waals surface area contributed by atoms with Gasteiger partial charge in [-0.25, -0.2) is 0 Å². The Kier molecular flexibility index (Phi) is 6.48. The Bertz CT molecular complexity index is 714. The first-order valence-corrected chi connectivity index (χ1v) is 8.97. The number of rotatable bonds is 7. The van der Waals surface area contributed by atoms with Gasteiger partial charge in [0.25, 0.3) is 0 Å². The monoisotopic (exact) mass is 351 g/mol. The molecule has 0 amide bonds. The van der Waals surface area contributed by atoms with Gasteiger partial charge in [-0.1, -0.05) is 12.1 Å². The van der Waals surface area contributed by atoms with Gasteiger partial charge in [0.2, 0.25) is 0 Å². The van der Waals surface area contributed by atoms with E-state index in [0.29, 0.717) is 6.61 Å². The third-order valence-corrected chi connectivity index (χ3v) is 4.69. The first kappa shape index (κ1) is 18.2. The van der Waals surface area contributed by atoms with E-state index in [1.807, 2.05) is 48.5 Å². The van der Waals surface area contributed by atoms with E-state index >= 15 is 0 Å². The van der Waals surface area contributed by atoms with Crippen LogP contribution in [0.25, 0.3) is 0 Å². The molecule has 5 heteroatoms. The number of nitriles is 1. The summed E-state index contributed by atoms with van der Waals surface area (Å²) in [6, 6.07) is 17.7. The summed E-state index contributed by atoms with van der Waals surface area (Å²) < 4.78 is 11.0. The van der Waals surface area contributed by atoms with Crippen molar-refractivity contribution < 1.29 is 9.47 Å². The molecule has 0 bridgehead atoms. The molecule has 0 saturated carbocycles. The van der Waals surface area contributed by atoms with Crippen molar-refractivity contribution in [2.24, 2.45) is 0 Å². The van der Waals surface area contributed by atoms with Gasteiger partial charge in [-0.05, 0) is 42.0 Å². The van der Waals surface area contributed by atoms with Crippen LogP contribution in [0.2, 0.25) is 0 Å². The highest BCUT2D eigenvalue weighted by atomic mass is 16.5. The van der Waals surface area contributed by atoms with Crippen LogP contribution >= 0.6 is 0 Å². The SMILES string of the molecule is COc1ccc(OCCN2CCN(Cc3ccc(C#N)cc3)CC2)cc1. The molecular formula is C21H25N3O2. The number of methoxy groups -OCH3 is 1. The molecule has 0 spiro atoms. The molecule has 0 aromatic heterocycles. The van der Waals surface area contributed by atoms with E-state index in [9.17, 15) is 0 Å². The highest BCUT2D eigenvalue weighted by Crippen LogP contribution is 2.17. The average Bonchev–Trinajstić information content (AvgIpc) is 2.70. The normalized spacial score (nSPS) is 15.4. The molecule has 2 aromatic carbocycles. The lowest BCUT2D eigenvalue weighted by Crippen LogP contribution is -2.47. The van der Waals surface area contributed by atoms with Gasteiger partial charge in [-0.3, -0.25) is 9.80 Å². The maximum atomic E-state index is 8.86. The summed E-state index contributed by atoms with van der Waals surface area (Å²) in [5.74, 6) is 1.72. The van der Waals surface area contributed by atoms with Gasteiger partial charge in [0.05, 0.1) is 18.7 Å². The first-order chi connectivity index (χ1) is 12.8. The molecule has 0 aliphatic carbocycles. The minimum Gasteiger partial charge on any atom is -0.497 e. The number of hydrogen-bond acceptors (Lipinski definition) is 5. The average molecular weight is 351 g/mol. The van der Waals surface area contributed by atoms with Crippen LogP contribution in [-0.4, -0.2) is 56.2 Å². The number of ether oxygens (including phenoxy) is 2. The lowest BCUT2D eigenvalue weighted by atomic mass is 10.1. The third-order valence-electron chi connectivity index (χ3n) is 4.69. The number of benzene rings is 2. The second-order valence-corrected chi connectivity index (χ2v) is 6.45. The molecule has 0 N–H and O–H groups in total. The minimum absolute atomic E-state index is 0.696. The van der Waals surface area contributed by atoms with Crippen LogP contribution in [-0.2, 0) is 6.54 Å². The topological polar surface area (TPSA) is 48.7 Å². The molecular weight excluding hydrogens is 326 g/mol. The molecule has 26 heavy (non-hydrogen) atoms. The van der Waals surface area contributed by atoms with Crippen molar-refractivity contribution in [2.45, 2.75) is 6.54 Å². The highest BCUT2D eigenvalue weighted by Gasteiger charge is 2.16. The molecule has 1 aliphatic rings. The molecule has 3 rings (SSSR count). The smallest absolute Gasteiger partial charge is 0.119 e. The Hall–Kier alpha value is -2.55. The van der Waals surface area contributed by atoms with E-state index in [4.69, 9.17) is 14.7 Å². The second kappa shape index (κ2) is 9.23. The van der Waals surface area contributed by atoms with Crippen LogP contribution < -0.4 is 9.47 Å². The van der Waals surface area contributed by atoms with Crippen molar-refractivity contribution in [3.63, 3.8) is 0 Å². The number of hydrogen-bond donors (Lipinski definition) is 0. The van der Waals surface area contributed by atoms with Crippen molar-refractivity contribution in [2.75, 3.05) is 46.4 Å². The summed E-state index contributed by atoms with van der Waals surface area (Å²) >= 11 is 0. The second-order valence-electron chi connectivity index (χ2n) is 6.45. The van der Waals surface area contributed by atoms with E-state index in [1.165, 1.54) is 5.56 Å². The van der Waals surface area contributed by atoms with Crippen LogP contribution in [0.3, 0.4) is 0 Å². The molecule has 1 aliphatic heterocycles. The Balaban J connectivity index is 1.36. The molecule has 0 atom stereocenters. The summed E-state index contributed by atoms with van der Waals surface area (Å²) in [6.45, 7) is 6.82. The zero-order valence-electron chi connectivity index (χ0n) is 15.2. The molecule has 1 saturated heterocycles. The Labute approximate surface area is 155 Å². The fourth-order valence-electron chi connectivity index (χ4n) is 3.08. The largest absolute Gasteiger partial charge is 0.497 e. The third kappa shape index (κ3) is 5.22. The van der Waals surface area contributed by atoms with Crippen molar-refractivity contribution >= 4 is 0 Å². The van der Waals surface area contributed by atoms with E-state index in [-0.39, 0.29) is 0 Å². The quantitative estimate of drug-likeness (QED) is 0.768. The number of nitrogens with zero attached hydrogens (tertiary/aromatic N) is 3. The number of piperazine rings is 1. The van der Waals surface area contributed by atoms with E-state index in [0.717, 1.165) is 56.3 Å². The zero-order valence-corrected chi connectivity index (χ0v) is 15.2. The van der Waals surface area contributed by atoms with Crippen LogP contribution in [0, 0.1) is 11.3 Å². The summed E-state index contributed by atoms with van der Waals surface area (Å²) in [4.78, 5) is 4.90. The molecule has 1 fully saturated rings. The van der Waals surface area contributed by atoms with Gasteiger partial charge in [-0.15, -0.1) is 0 Å². The summed E-state index contributed by atoms with van der Waals surface area (Å²) in [7, 11) is 1.66. The predicted octanol–water partition coefficient (Wildman–Crippen LogP) is 2.76. The van der Waals surface area contributed by atoms with E-state index in [2.05, 4.69) is 15.9 Å². The molecule has 2 aromatic rings. The van der Waals surface area contributed by atoms with Crippen molar-refractivity contribution in [3.8, 4) is 17.6 Å². The summed E-state index contributed by atoms with van der Waals surface area (Å²) in [6.07, 6.45) is 0.